The van der Waals surface area contributed by atoms with E-state index >= 15 is 0 Å². The predicted molar refractivity (Wildman–Crippen MR) is 88.6 cm³/mol. The maximum absolute atomic E-state index is 12.7. The van der Waals surface area contributed by atoms with Gasteiger partial charge >= 0.3 is 0 Å². The maximum Gasteiger partial charge on any atom is 0.255 e. The van der Waals surface area contributed by atoms with Gasteiger partial charge in [-0.1, -0.05) is 15.9 Å². The molecule has 2 aromatic rings. The maximum atomic E-state index is 12.7. The predicted octanol–water partition coefficient (Wildman–Crippen LogP) is 4.60. The monoisotopic (exact) mass is 367 g/mol. The van der Waals surface area contributed by atoms with E-state index in [0.29, 0.717) is 18.2 Å². The summed E-state index contributed by atoms with van der Waals surface area (Å²) >= 11 is 9.50. The minimum atomic E-state index is 0.0798. The Bertz CT molecular complexity index is 623. The molecule has 3 rings (SSSR count). The van der Waals surface area contributed by atoms with E-state index in [4.69, 9.17) is 0 Å². The van der Waals surface area contributed by atoms with Gasteiger partial charge in [-0.25, -0.2) is 0 Å². The number of thiophene rings is 1. The molecule has 1 aliphatic carbocycles. The van der Waals surface area contributed by atoms with Crippen LogP contribution in [0.1, 0.15) is 28.8 Å². The first-order valence-electron chi connectivity index (χ1n) is 6.45. The van der Waals surface area contributed by atoms with E-state index in [1.165, 1.54) is 5.56 Å². The van der Waals surface area contributed by atoms with E-state index in [1.54, 1.807) is 11.3 Å². The standard InChI is InChI=1S/C15H14BrNOS2/c16-11-1-4-13(14(19)7-11)15(18)17(12-2-3-12)8-10-5-6-20-9-10/h1,4-7,9,12,19H,2-3,8H2. The van der Waals surface area contributed by atoms with Gasteiger partial charge in [0.15, 0.2) is 0 Å². The third-order valence-electron chi connectivity index (χ3n) is 3.37. The molecular weight excluding hydrogens is 354 g/mol. The Balaban J connectivity index is 1.85. The molecule has 1 saturated carbocycles. The number of benzene rings is 1. The Morgan fingerprint density at radius 2 is 2.20 bits per heavy atom. The van der Waals surface area contributed by atoms with Crippen molar-refractivity contribution < 1.29 is 4.79 Å². The van der Waals surface area contributed by atoms with Crippen LogP contribution >= 0.6 is 39.9 Å². The molecule has 20 heavy (non-hydrogen) atoms. The fourth-order valence-corrected chi connectivity index (χ4v) is 3.68. The number of amides is 1. The highest BCUT2D eigenvalue weighted by Crippen LogP contribution is 2.31. The number of hydrogen-bond donors (Lipinski definition) is 1. The topological polar surface area (TPSA) is 20.3 Å². The highest BCUT2D eigenvalue weighted by atomic mass is 79.9. The molecule has 0 bridgehead atoms. The summed E-state index contributed by atoms with van der Waals surface area (Å²) in [5.41, 5.74) is 1.88. The summed E-state index contributed by atoms with van der Waals surface area (Å²) in [6, 6.07) is 8.07. The van der Waals surface area contributed by atoms with Gasteiger partial charge in [-0.3, -0.25) is 4.79 Å². The Morgan fingerprint density at radius 1 is 1.40 bits per heavy atom. The summed E-state index contributed by atoms with van der Waals surface area (Å²) in [4.78, 5) is 15.4. The molecule has 0 radical (unpaired) electrons. The number of carbonyl (C=O) groups is 1. The molecule has 0 atom stereocenters. The Morgan fingerprint density at radius 3 is 2.80 bits per heavy atom. The van der Waals surface area contributed by atoms with Gasteiger partial charge in [-0.2, -0.15) is 11.3 Å². The summed E-state index contributed by atoms with van der Waals surface area (Å²) in [5, 5.41) is 4.15. The van der Waals surface area contributed by atoms with Gasteiger partial charge in [-0.05, 0) is 53.4 Å². The second-order valence-electron chi connectivity index (χ2n) is 4.96. The van der Waals surface area contributed by atoms with E-state index in [0.717, 1.165) is 22.2 Å². The van der Waals surface area contributed by atoms with E-state index in [1.807, 2.05) is 23.1 Å². The van der Waals surface area contributed by atoms with Crippen LogP contribution in [0, 0.1) is 0 Å². The molecule has 1 aromatic heterocycles. The van der Waals surface area contributed by atoms with Gasteiger partial charge in [0.2, 0.25) is 0 Å². The zero-order chi connectivity index (χ0) is 14.1. The van der Waals surface area contributed by atoms with Gasteiger partial charge in [-0.15, -0.1) is 12.6 Å². The average Bonchev–Trinajstić information content (AvgIpc) is 3.12. The molecule has 5 heteroatoms. The zero-order valence-corrected chi connectivity index (χ0v) is 14.0. The molecule has 0 aliphatic heterocycles. The number of halogens is 1. The second-order valence-corrected chi connectivity index (χ2v) is 7.13. The average molecular weight is 368 g/mol. The van der Waals surface area contributed by atoms with Crippen molar-refractivity contribution >= 4 is 45.8 Å². The minimum Gasteiger partial charge on any atom is -0.331 e. The number of carbonyl (C=O) groups excluding carboxylic acids is 1. The molecule has 2 nitrogen and oxygen atoms in total. The Kier molecular flexibility index (Phi) is 4.19. The van der Waals surface area contributed by atoms with Crippen molar-refractivity contribution in [2.75, 3.05) is 0 Å². The molecule has 1 aromatic carbocycles. The number of rotatable bonds is 4. The van der Waals surface area contributed by atoms with Crippen LogP contribution in [0.2, 0.25) is 0 Å². The van der Waals surface area contributed by atoms with Gasteiger partial charge in [0, 0.05) is 22.0 Å². The van der Waals surface area contributed by atoms with Crippen molar-refractivity contribution in [3.8, 4) is 0 Å². The second kappa shape index (κ2) is 5.92. The normalized spacial score (nSPS) is 14.3. The summed E-state index contributed by atoms with van der Waals surface area (Å²) in [6.45, 7) is 0.691. The van der Waals surface area contributed by atoms with Crippen molar-refractivity contribution in [1.29, 1.82) is 0 Å². The van der Waals surface area contributed by atoms with Crippen molar-refractivity contribution in [2.45, 2.75) is 30.3 Å². The smallest absolute Gasteiger partial charge is 0.255 e. The van der Waals surface area contributed by atoms with Crippen molar-refractivity contribution in [3.05, 3.63) is 50.6 Å². The van der Waals surface area contributed by atoms with Gasteiger partial charge < -0.3 is 4.90 Å². The molecule has 0 spiro atoms. The Labute approximate surface area is 136 Å². The lowest BCUT2D eigenvalue weighted by atomic mass is 10.2. The fraction of sp³-hybridized carbons (Fsp3) is 0.267. The van der Waals surface area contributed by atoms with Crippen LogP contribution in [-0.4, -0.2) is 16.8 Å². The molecular formula is C15H14BrNOS2. The quantitative estimate of drug-likeness (QED) is 0.782. The highest BCUT2D eigenvalue weighted by molar-refractivity contribution is 9.10. The van der Waals surface area contributed by atoms with E-state index < -0.39 is 0 Å². The number of thiol groups is 1. The zero-order valence-electron chi connectivity index (χ0n) is 10.8. The number of nitrogens with zero attached hydrogens (tertiary/aromatic N) is 1. The number of hydrogen-bond acceptors (Lipinski definition) is 3. The first-order valence-corrected chi connectivity index (χ1v) is 8.64. The third kappa shape index (κ3) is 3.10. The molecule has 1 fully saturated rings. The molecule has 1 heterocycles. The SMILES string of the molecule is O=C(c1ccc(Br)cc1S)N(Cc1ccsc1)C1CC1. The molecule has 0 saturated heterocycles. The fourth-order valence-electron chi connectivity index (χ4n) is 2.17. The lowest BCUT2D eigenvalue weighted by Crippen LogP contribution is -2.32. The summed E-state index contributed by atoms with van der Waals surface area (Å²) in [6.07, 6.45) is 2.21. The lowest BCUT2D eigenvalue weighted by molar-refractivity contribution is 0.0726. The van der Waals surface area contributed by atoms with Crippen LogP contribution in [0.15, 0.2) is 44.4 Å². The Hall–Kier alpha value is -0.780. The first kappa shape index (κ1) is 14.2. The van der Waals surface area contributed by atoms with Crippen molar-refractivity contribution in [3.63, 3.8) is 0 Å². The molecule has 0 N–H and O–H groups in total. The van der Waals surface area contributed by atoms with Crippen LogP contribution in [0.4, 0.5) is 0 Å². The van der Waals surface area contributed by atoms with Gasteiger partial charge in [0.25, 0.3) is 5.91 Å². The molecule has 1 aliphatic rings. The molecule has 104 valence electrons. The van der Waals surface area contributed by atoms with Crippen LogP contribution in [-0.2, 0) is 6.54 Å². The van der Waals surface area contributed by atoms with Crippen LogP contribution < -0.4 is 0 Å². The summed E-state index contributed by atoms with van der Waals surface area (Å²) in [5.74, 6) is 0.0798. The largest absolute Gasteiger partial charge is 0.331 e. The van der Waals surface area contributed by atoms with Crippen molar-refractivity contribution in [2.24, 2.45) is 0 Å². The van der Waals surface area contributed by atoms with E-state index in [9.17, 15) is 4.79 Å². The summed E-state index contributed by atoms with van der Waals surface area (Å²) in [7, 11) is 0. The van der Waals surface area contributed by atoms with Gasteiger partial charge in [0.1, 0.15) is 0 Å². The van der Waals surface area contributed by atoms with E-state index in [-0.39, 0.29) is 5.91 Å². The molecule has 1 amide bonds. The van der Waals surface area contributed by atoms with Gasteiger partial charge in [0.05, 0.1) is 5.56 Å². The van der Waals surface area contributed by atoms with Crippen molar-refractivity contribution in [1.82, 2.24) is 4.90 Å². The summed E-state index contributed by atoms with van der Waals surface area (Å²) < 4.78 is 0.940. The third-order valence-corrected chi connectivity index (χ3v) is 4.97. The minimum absolute atomic E-state index is 0.0798. The van der Waals surface area contributed by atoms with Crippen LogP contribution in [0.5, 0.6) is 0 Å². The lowest BCUT2D eigenvalue weighted by Gasteiger charge is -2.23. The first-order chi connectivity index (χ1) is 9.65. The molecule has 0 unspecified atom stereocenters. The van der Waals surface area contributed by atoms with Crippen LogP contribution in [0.3, 0.4) is 0 Å². The van der Waals surface area contributed by atoms with E-state index in [2.05, 4.69) is 45.4 Å². The van der Waals surface area contributed by atoms with Crippen LogP contribution in [0.25, 0.3) is 0 Å². The highest BCUT2D eigenvalue weighted by Gasteiger charge is 2.33.